The minimum Gasteiger partial charge on any atom is -0.465 e. The fourth-order valence-electron chi connectivity index (χ4n) is 9.22. The molecule has 0 heterocycles. The van der Waals surface area contributed by atoms with E-state index in [4.69, 9.17) is 9.47 Å². The number of esters is 2. The van der Waals surface area contributed by atoms with Crippen molar-refractivity contribution in [2.45, 2.75) is 44.4 Å². The van der Waals surface area contributed by atoms with E-state index in [1.807, 2.05) is 30.3 Å². The lowest BCUT2D eigenvalue weighted by Crippen LogP contribution is -2.51. The standard InChI is InChI=1S/C42H43N3O7/c1-51-40(49)31-15-32(41(50)52-2)17-33(16-31)45-39(48)36(28-8-4-3-5-9-28)23-43-37(46)34-18-29-10-6-7-11-30(29)19-35(34)38(47)44-24-42-20-25-12-26(21-42)14-27(13-25)22-42/h3-11,15-19,25-27,36H,12-14,20-24H2,1-2H3,(H,43,46)(H,44,47)(H,45,48). The summed E-state index contributed by atoms with van der Waals surface area (Å²) in [4.78, 5) is 66.6. The van der Waals surface area contributed by atoms with Gasteiger partial charge in [0, 0.05) is 18.8 Å². The minimum absolute atomic E-state index is 0.0515. The zero-order valence-corrected chi connectivity index (χ0v) is 29.4. The van der Waals surface area contributed by atoms with E-state index < -0.39 is 29.7 Å². The quantitative estimate of drug-likeness (QED) is 0.152. The van der Waals surface area contributed by atoms with Crippen LogP contribution in [0.25, 0.3) is 10.8 Å². The largest absolute Gasteiger partial charge is 0.465 e. The molecular formula is C42H43N3O7. The summed E-state index contributed by atoms with van der Waals surface area (Å²) in [6.07, 6.45) is 7.43. The molecule has 4 aliphatic rings. The molecule has 0 aliphatic heterocycles. The van der Waals surface area contributed by atoms with Crippen LogP contribution >= 0.6 is 0 Å². The molecule has 0 spiro atoms. The molecule has 8 rings (SSSR count). The normalized spacial score (nSPS) is 21.9. The predicted molar refractivity (Wildman–Crippen MR) is 196 cm³/mol. The van der Waals surface area contributed by atoms with Gasteiger partial charge in [0.05, 0.1) is 42.4 Å². The highest BCUT2D eigenvalue weighted by molar-refractivity contribution is 6.11. The Morgan fingerprint density at radius 1 is 0.673 bits per heavy atom. The molecular weight excluding hydrogens is 658 g/mol. The summed E-state index contributed by atoms with van der Waals surface area (Å²) in [5, 5.41) is 10.6. The summed E-state index contributed by atoms with van der Waals surface area (Å²) < 4.78 is 9.66. The van der Waals surface area contributed by atoms with Gasteiger partial charge in [-0.05, 0) is 108 Å². The van der Waals surface area contributed by atoms with Crippen molar-refractivity contribution in [3.63, 3.8) is 0 Å². The number of anilines is 1. The molecule has 4 fully saturated rings. The summed E-state index contributed by atoms with van der Waals surface area (Å²) >= 11 is 0. The molecule has 4 aliphatic carbocycles. The van der Waals surface area contributed by atoms with E-state index in [2.05, 4.69) is 16.0 Å². The van der Waals surface area contributed by atoms with E-state index in [9.17, 15) is 24.0 Å². The van der Waals surface area contributed by atoms with Crippen molar-refractivity contribution in [2.75, 3.05) is 32.6 Å². The van der Waals surface area contributed by atoms with Crippen LogP contribution < -0.4 is 16.0 Å². The Kier molecular flexibility index (Phi) is 9.81. The van der Waals surface area contributed by atoms with Gasteiger partial charge in [-0.15, -0.1) is 0 Å². The molecule has 4 aromatic carbocycles. The van der Waals surface area contributed by atoms with Gasteiger partial charge in [-0.3, -0.25) is 14.4 Å². The Labute approximate surface area is 302 Å². The van der Waals surface area contributed by atoms with Crippen molar-refractivity contribution in [1.82, 2.24) is 10.6 Å². The number of carbonyl (C=O) groups is 5. The van der Waals surface area contributed by atoms with Gasteiger partial charge in [0.1, 0.15) is 0 Å². The molecule has 4 aromatic rings. The highest BCUT2D eigenvalue weighted by atomic mass is 16.5. The maximum atomic E-state index is 14.0. The van der Waals surface area contributed by atoms with E-state index in [1.54, 1.807) is 36.4 Å². The molecule has 4 bridgehead atoms. The fraction of sp³-hybridized carbons (Fsp3) is 0.357. The van der Waals surface area contributed by atoms with Gasteiger partial charge in [-0.1, -0.05) is 54.6 Å². The Morgan fingerprint density at radius 2 is 1.17 bits per heavy atom. The van der Waals surface area contributed by atoms with Gasteiger partial charge < -0.3 is 25.4 Å². The second-order valence-electron chi connectivity index (χ2n) is 14.8. The van der Waals surface area contributed by atoms with E-state index in [-0.39, 0.29) is 45.8 Å². The Bertz CT molecular complexity index is 1970. The van der Waals surface area contributed by atoms with Crippen LogP contribution in [-0.2, 0) is 14.3 Å². The van der Waals surface area contributed by atoms with Gasteiger partial charge >= 0.3 is 11.9 Å². The Hall–Kier alpha value is -5.51. The summed E-state index contributed by atoms with van der Waals surface area (Å²) in [7, 11) is 2.43. The average Bonchev–Trinajstić information content (AvgIpc) is 3.15. The van der Waals surface area contributed by atoms with Crippen LogP contribution in [0.5, 0.6) is 0 Å². The third-order valence-electron chi connectivity index (χ3n) is 11.2. The number of carbonyl (C=O) groups excluding carboxylic acids is 5. The van der Waals surface area contributed by atoms with Crippen LogP contribution in [0.4, 0.5) is 5.69 Å². The lowest BCUT2D eigenvalue weighted by molar-refractivity contribution is -0.117. The van der Waals surface area contributed by atoms with Crippen LogP contribution in [-0.4, -0.2) is 57.0 Å². The number of benzene rings is 4. The number of rotatable bonds is 11. The van der Waals surface area contributed by atoms with Crippen molar-refractivity contribution in [2.24, 2.45) is 23.2 Å². The number of methoxy groups -OCH3 is 2. The predicted octanol–water partition coefficient (Wildman–Crippen LogP) is 6.51. The summed E-state index contributed by atoms with van der Waals surface area (Å²) in [6, 6.07) is 24.2. The summed E-state index contributed by atoms with van der Waals surface area (Å²) in [5.74, 6) is -1.25. The first-order valence-corrected chi connectivity index (χ1v) is 17.9. The van der Waals surface area contributed by atoms with Crippen LogP contribution in [0.1, 0.15) is 91.4 Å². The highest BCUT2D eigenvalue weighted by Crippen LogP contribution is 2.59. The smallest absolute Gasteiger partial charge is 0.337 e. The van der Waals surface area contributed by atoms with Crippen molar-refractivity contribution in [3.8, 4) is 0 Å². The molecule has 0 radical (unpaired) electrons. The fourth-order valence-corrected chi connectivity index (χ4v) is 9.22. The molecule has 10 nitrogen and oxygen atoms in total. The molecule has 4 saturated carbocycles. The summed E-state index contributed by atoms with van der Waals surface area (Å²) in [6.45, 7) is 0.505. The summed E-state index contributed by atoms with van der Waals surface area (Å²) in [5.41, 5.74) is 1.55. The molecule has 268 valence electrons. The third kappa shape index (κ3) is 7.28. The van der Waals surface area contributed by atoms with E-state index in [1.165, 1.54) is 51.7 Å². The van der Waals surface area contributed by atoms with Gasteiger partial charge in [0.2, 0.25) is 5.91 Å². The monoisotopic (exact) mass is 701 g/mol. The molecule has 1 unspecified atom stereocenters. The average molecular weight is 702 g/mol. The number of ether oxygens (including phenoxy) is 2. The topological polar surface area (TPSA) is 140 Å². The minimum atomic E-state index is -0.873. The molecule has 0 aromatic heterocycles. The van der Waals surface area contributed by atoms with Gasteiger partial charge in [0.25, 0.3) is 11.8 Å². The molecule has 0 saturated heterocycles. The van der Waals surface area contributed by atoms with E-state index in [0.717, 1.165) is 47.8 Å². The lowest BCUT2D eigenvalue weighted by atomic mass is 9.49. The number of fused-ring (bicyclic) bond motifs is 1. The number of hydrogen-bond donors (Lipinski definition) is 3. The van der Waals surface area contributed by atoms with E-state index >= 15 is 0 Å². The van der Waals surface area contributed by atoms with Crippen molar-refractivity contribution < 1.29 is 33.4 Å². The first kappa shape index (κ1) is 34.9. The number of nitrogens with one attached hydrogen (secondary N) is 3. The Balaban J connectivity index is 1.12. The first-order valence-electron chi connectivity index (χ1n) is 17.9. The molecule has 10 heteroatoms. The second-order valence-corrected chi connectivity index (χ2v) is 14.8. The third-order valence-corrected chi connectivity index (χ3v) is 11.2. The lowest BCUT2D eigenvalue weighted by Gasteiger charge is -2.56. The Morgan fingerprint density at radius 3 is 1.69 bits per heavy atom. The first-order chi connectivity index (χ1) is 25.1. The van der Waals surface area contributed by atoms with E-state index in [0.29, 0.717) is 12.1 Å². The molecule has 1 atom stereocenters. The number of hydrogen-bond acceptors (Lipinski definition) is 7. The van der Waals surface area contributed by atoms with Gasteiger partial charge in [0.15, 0.2) is 0 Å². The van der Waals surface area contributed by atoms with Crippen LogP contribution in [0.2, 0.25) is 0 Å². The zero-order valence-electron chi connectivity index (χ0n) is 29.4. The van der Waals surface area contributed by atoms with Crippen molar-refractivity contribution in [1.29, 1.82) is 0 Å². The maximum Gasteiger partial charge on any atom is 0.337 e. The molecule has 3 amide bonds. The van der Waals surface area contributed by atoms with Crippen LogP contribution in [0.15, 0.2) is 84.9 Å². The SMILES string of the molecule is COC(=O)c1cc(NC(=O)C(CNC(=O)c2cc3ccccc3cc2C(=O)NCC23CC4CC(CC(C4)C2)C3)c2ccccc2)cc(C(=O)OC)c1. The van der Waals surface area contributed by atoms with Crippen molar-refractivity contribution >= 4 is 46.1 Å². The van der Waals surface area contributed by atoms with Crippen LogP contribution in [0, 0.1) is 23.2 Å². The van der Waals surface area contributed by atoms with Crippen LogP contribution in [0.3, 0.4) is 0 Å². The molecule has 52 heavy (non-hydrogen) atoms. The van der Waals surface area contributed by atoms with Crippen molar-refractivity contribution in [3.05, 3.63) is 113 Å². The number of amides is 3. The molecule has 3 N–H and O–H groups in total. The zero-order chi connectivity index (χ0) is 36.4. The highest BCUT2D eigenvalue weighted by Gasteiger charge is 2.50. The van der Waals surface area contributed by atoms with Gasteiger partial charge in [-0.25, -0.2) is 9.59 Å². The second kappa shape index (κ2) is 14.6. The van der Waals surface area contributed by atoms with Gasteiger partial charge in [-0.2, -0.15) is 0 Å². The maximum absolute atomic E-state index is 14.0.